The second-order valence-electron chi connectivity index (χ2n) is 8.75. The minimum absolute atomic E-state index is 0.00674. The minimum atomic E-state index is -0.914. The van der Waals surface area contributed by atoms with Gasteiger partial charge in [-0.1, -0.05) is 91.0 Å². The molecule has 0 aliphatic heterocycles. The van der Waals surface area contributed by atoms with Crippen LogP contribution in [0.1, 0.15) is 23.6 Å². The highest BCUT2D eigenvalue weighted by Gasteiger charge is 2.18. The van der Waals surface area contributed by atoms with E-state index < -0.39 is 24.3 Å². The van der Waals surface area contributed by atoms with E-state index in [4.69, 9.17) is 15.2 Å². The van der Waals surface area contributed by atoms with Crippen LogP contribution in [-0.4, -0.2) is 42.7 Å². The van der Waals surface area contributed by atoms with Crippen LogP contribution in [0.15, 0.2) is 96.0 Å². The Bertz CT molecular complexity index is 1220. The second-order valence-corrected chi connectivity index (χ2v) is 8.75. The van der Waals surface area contributed by atoms with Gasteiger partial charge in [0.15, 0.2) is 0 Å². The first-order valence-corrected chi connectivity index (χ1v) is 12.5. The standard InChI is InChI=1S/C29H33N5O5/c1-21(30)26(35)31-18-25(17-22-11-5-2-6-12-22)32-27(33-28(36)38-19-23-13-7-3-8-14-23)34-29(37)39-20-24-15-9-4-10-16-24/h2-16,21,25H,17-20,30H2,1H3,(H,31,35)(H2,32,33,34,36,37)/t21-,25+/m1/s1. The van der Waals surface area contributed by atoms with Gasteiger partial charge in [-0.05, 0) is 30.0 Å². The highest BCUT2D eigenvalue weighted by Crippen LogP contribution is 2.05. The molecule has 204 valence electrons. The van der Waals surface area contributed by atoms with Crippen molar-refractivity contribution in [1.29, 1.82) is 0 Å². The molecule has 10 nitrogen and oxygen atoms in total. The molecule has 0 saturated carbocycles. The largest absolute Gasteiger partial charge is 0.444 e. The van der Waals surface area contributed by atoms with Gasteiger partial charge in [0.1, 0.15) is 13.2 Å². The third-order valence-electron chi connectivity index (χ3n) is 5.44. The molecule has 2 atom stereocenters. The van der Waals surface area contributed by atoms with Gasteiger partial charge in [-0.15, -0.1) is 4.99 Å². The number of guanidine groups is 1. The van der Waals surface area contributed by atoms with Crippen molar-refractivity contribution in [3.8, 4) is 0 Å². The van der Waals surface area contributed by atoms with Crippen molar-refractivity contribution >= 4 is 24.1 Å². The highest BCUT2D eigenvalue weighted by atomic mass is 16.6. The number of carbonyl (C=O) groups excluding carboxylic acids is 3. The number of nitrogens with one attached hydrogen (secondary N) is 3. The van der Waals surface area contributed by atoms with Crippen LogP contribution in [0, 0.1) is 0 Å². The van der Waals surface area contributed by atoms with Gasteiger partial charge in [0, 0.05) is 6.54 Å². The van der Waals surface area contributed by atoms with E-state index >= 15 is 0 Å². The van der Waals surface area contributed by atoms with Gasteiger partial charge in [0.25, 0.3) is 0 Å². The summed E-state index contributed by atoms with van der Waals surface area (Å²) in [5.41, 5.74) is 8.22. The van der Waals surface area contributed by atoms with Crippen molar-refractivity contribution in [1.82, 2.24) is 16.0 Å². The lowest BCUT2D eigenvalue weighted by Crippen LogP contribution is -2.52. The lowest BCUT2D eigenvalue weighted by atomic mass is 10.1. The fourth-order valence-electron chi connectivity index (χ4n) is 3.45. The molecular weight excluding hydrogens is 498 g/mol. The van der Waals surface area contributed by atoms with Crippen molar-refractivity contribution in [2.75, 3.05) is 6.54 Å². The first kappa shape index (κ1) is 28.9. The number of carbonyl (C=O) groups is 3. The number of amides is 3. The first-order valence-electron chi connectivity index (χ1n) is 12.5. The van der Waals surface area contributed by atoms with Crippen molar-refractivity contribution in [2.45, 2.75) is 38.6 Å². The van der Waals surface area contributed by atoms with Gasteiger partial charge in [-0.25, -0.2) is 9.59 Å². The number of hydrogen-bond donors (Lipinski definition) is 4. The van der Waals surface area contributed by atoms with E-state index in [0.29, 0.717) is 6.42 Å². The van der Waals surface area contributed by atoms with Crippen molar-refractivity contribution in [3.63, 3.8) is 0 Å². The van der Waals surface area contributed by atoms with Crippen LogP contribution in [-0.2, 0) is 33.9 Å². The molecule has 39 heavy (non-hydrogen) atoms. The van der Waals surface area contributed by atoms with Gasteiger partial charge in [-0.2, -0.15) is 0 Å². The Balaban J connectivity index is 1.73. The Kier molecular flexibility index (Phi) is 11.5. The number of rotatable bonds is 10. The Morgan fingerprint density at radius 1 is 0.795 bits per heavy atom. The number of nitrogens with zero attached hydrogens (tertiary/aromatic N) is 1. The molecule has 0 unspecified atom stereocenters. The lowest BCUT2D eigenvalue weighted by Gasteiger charge is -2.22. The Labute approximate surface area is 227 Å². The zero-order valence-corrected chi connectivity index (χ0v) is 21.7. The average Bonchev–Trinajstić information content (AvgIpc) is 2.95. The van der Waals surface area contributed by atoms with Crippen LogP contribution in [0.25, 0.3) is 0 Å². The molecule has 10 heteroatoms. The predicted octanol–water partition coefficient (Wildman–Crippen LogP) is 3.27. The smallest absolute Gasteiger partial charge is 0.437 e. The monoisotopic (exact) mass is 531 g/mol. The van der Waals surface area contributed by atoms with Crippen molar-refractivity contribution in [3.05, 3.63) is 108 Å². The number of hydrogen-bond acceptors (Lipinski definition) is 6. The normalized spacial score (nSPS) is 12.5. The number of benzene rings is 3. The maximum atomic E-state index is 12.6. The molecule has 3 aromatic carbocycles. The summed E-state index contributed by atoms with van der Waals surface area (Å²) in [6.45, 7) is 1.76. The average molecular weight is 532 g/mol. The molecule has 0 aromatic heterocycles. The summed E-state index contributed by atoms with van der Waals surface area (Å²) in [4.78, 5) is 41.2. The molecule has 5 N–H and O–H groups in total. The van der Waals surface area contributed by atoms with Gasteiger partial charge < -0.3 is 25.8 Å². The maximum absolute atomic E-state index is 12.6. The first-order chi connectivity index (χ1) is 18.9. The molecular formula is C29H33N5O5. The zero-order valence-electron chi connectivity index (χ0n) is 21.7. The van der Waals surface area contributed by atoms with Gasteiger partial charge >= 0.3 is 12.2 Å². The van der Waals surface area contributed by atoms with E-state index in [-0.39, 0.29) is 31.6 Å². The number of nitrogens with two attached hydrogens (primary N) is 1. The molecule has 0 heterocycles. The predicted molar refractivity (Wildman–Crippen MR) is 148 cm³/mol. The Morgan fingerprint density at radius 2 is 1.31 bits per heavy atom. The van der Waals surface area contributed by atoms with E-state index in [1.807, 2.05) is 91.0 Å². The van der Waals surface area contributed by atoms with E-state index in [9.17, 15) is 14.4 Å². The molecule has 0 aliphatic carbocycles. The van der Waals surface area contributed by atoms with Crippen molar-refractivity contribution < 1.29 is 23.9 Å². The SMILES string of the molecule is C[C@@H](N)C(=O)NC[C@H](Cc1ccccc1)N/C(=N/C(=O)OCc1ccccc1)NC(=O)OCc1ccccc1. The summed E-state index contributed by atoms with van der Waals surface area (Å²) in [5, 5.41) is 8.29. The molecule has 0 bridgehead atoms. The molecule has 0 spiro atoms. The summed E-state index contributed by atoms with van der Waals surface area (Å²) in [6.07, 6.45) is -1.29. The fourth-order valence-corrected chi connectivity index (χ4v) is 3.45. The summed E-state index contributed by atoms with van der Waals surface area (Å²) in [5.74, 6) is -0.520. The molecule has 3 rings (SSSR count). The zero-order chi connectivity index (χ0) is 27.9. The molecule has 0 aliphatic rings. The number of alkyl carbamates (subject to hydrolysis) is 1. The lowest BCUT2D eigenvalue weighted by molar-refractivity contribution is -0.122. The fraction of sp³-hybridized carbons (Fsp3) is 0.241. The molecule has 0 saturated heterocycles. The third-order valence-corrected chi connectivity index (χ3v) is 5.44. The van der Waals surface area contributed by atoms with Crippen LogP contribution in [0.5, 0.6) is 0 Å². The summed E-state index contributed by atoms with van der Waals surface area (Å²) >= 11 is 0. The van der Waals surface area contributed by atoms with Crippen LogP contribution < -0.4 is 21.7 Å². The Morgan fingerprint density at radius 3 is 1.85 bits per heavy atom. The van der Waals surface area contributed by atoms with Crippen molar-refractivity contribution in [2.24, 2.45) is 10.7 Å². The topological polar surface area (TPSA) is 144 Å². The summed E-state index contributed by atoms with van der Waals surface area (Å²) in [7, 11) is 0. The number of ether oxygens (including phenoxy) is 2. The van der Waals surface area contributed by atoms with E-state index in [1.54, 1.807) is 6.92 Å². The van der Waals surface area contributed by atoms with E-state index in [2.05, 4.69) is 20.9 Å². The second kappa shape index (κ2) is 15.5. The molecule has 3 amide bonds. The van der Waals surface area contributed by atoms with E-state index in [0.717, 1.165) is 16.7 Å². The maximum Gasteiger partial charge on any atom is 0.437 e. The highest BCUT2D eigenvalue weighted by molar-refractivity contribution is 5.99. The number of aliphatic imine (C=N–C) groups is 1. The molecule has 0 radical (unpaired) electrons. The van der Waals surface area contributed by atoms with Crippen LogP contribution >= 0.6 is 0 Å². The van der Waals surface area contributed by atoms with Crippen LogP contribution in [0.3, 0.4) is 0 Å². The Hall–Kier alpha value is -4.70. The summed E-state index contributed by atoms with van der Waals surface area (Å²) in [6, 6.07) is 26.6. The minimum Gasteiger partial charge on any atom is -0.444 e. The molecule has 3 aromatic rings. The van der Waals surface area contributed by atoms with Gasteiger partial charge in [-0.3, -0.25) is 10.1 Å². The van der Waals surface area contributed by atoms with Gasteiger partial charge in [0.05, 0.1) is 12.1 Å². The quantitative estimate of drug-likeness (QED) is 0.232. The third kappa shape index (κ3) is 11.1. The summed E-state index contributed by atoms with van der Waals surface area (Å²) < 4.78 is 10.5. The molecule has 0 fully saturated rings. The van der Waals surface area contributed by atoms with Crippen LogP contribution in [0.4, 0.5) is 9.59 Å². The van der Waals surface area contributed by atoms with E-state index in [1.165, 1.54) is 0 Å². The van der Waals surface area contributed by atoms with Gasteiger partial charge in [0.2, 0.25) is 11.9 Å². The van der Waals surface area contributed by atoms with Crippen LogP contribution in [0.2, 0.25) is 0 Å².